The van der Waals surface area contributed by atoms with Gasteiger partial charge in [0.05, 0.1) is 6.26 Å². The Morgan fingerprint density at radius 3 is 2.50 bits per heavy atom. The lowest BCUT2D eigenvalue weighted by atomic mass is 9.93. The molecule has 2 aromatic rings. The van der Waals surface area contributed by atoms with Crippen LogP contribution < -0.4 is 10.6 Å². The molecule has 2 N–H and O–H groups in total. The smallest absolute Gasteiger partial charge is 0.291 e. The monoisotopic (exact) mass is 322 g/mol. The molecular formula is C19H18N2O3. The zero-order valence-electron chi connectivity index (χ0n) is 13.1. The highest BCUT2D eigenvalue weighted by Gasteiger charge is 2.39. The molecular weight excluding hydrogens is 304 g/mol. The average Bonchev–Trinajstić information content (AvgIpc) is 3.32. The van der Waals surface area contributed by atoms with Crippen LogP contribution in [0.2, 0.25) is 0 Å². The van der Waals surface area contributed by atoms with Crippen LogP contribution in [-0.2, 0) is 4.79 Å². The third-order valence-corrected chi connectivity index (χ3v) is 4.75. The summed E-state index contributed by atoms with van der Waals surface area (Å²) in [7, 11) is 0. The van der Waals surface area contributed by atoms with Gasteiger partial charge in [-0.15, -0.1) is 0 Å². The van der Waals surface area contributed by atoms with E-state index in [4.69, 9.17) is 4.42 Å². The number of rotatable bonds is 4. The van der Waals surface area contributed by atoms with Gasteiger partial charge in [-0.25, -0.2) is 0 Å². The van der Waals surface area contributed by atoms with Crippen molar-refractivity contribution in [3.05, 3.63) is 60.6 Å². The first-order valence-corrected chi connectivity index (χ1v) is 8.13. The zero-order chi connectivity index (χ0) is 16.5. The number of allylic oxidation sites excluding steroid dienone is 2. The standard InChI is InChI=1S/C19H18N2O3/c22-18(16-10-12-6-7-13(16)9-12)20-14-3-1-4-15(11-14)21-19(23)17-5-2-8-24-17/h1-8,11-13,16H,9-10H2,(H,20,22)(H,21,23)/t12-,13-,16+/m0/s1. The number of benzene rings is 1. The van der Waals surface area contributed by atoms with E-state index in [2.05, 4.69) is 22.8 Å². The van der Waals surface area contributed by atoms with Crippen molar-refractivity contribution in [1.29, 1.82) is 0 Å². The number of amides is 2. The Bertz CT molecular complexity index is 795. The van der Waals surface area contributed by atoms with Gasteiger partial charge in [-0.3, -0.25) is 9.59 Å². The number of fused-ring (bicyclic) bond motifs is 2. The number of furan rings is 1. The average molecular weight is 322 g/mol. The minimum atomic E-state index is -0.318. The Kier molecular flexibility index (Phi) is 3.69. The van der Waals surface area contributed by atoms with Crippen LogP contribution in [0.1, 0.15) is 23.4 Å². The Hall–Kier alpha value is -2.82. The molecule has 1 aromatic carbocycles. The van der Waals surface area contributed by atoms with Crippen LogP contribution in [-0.4, -0.2) is 11.8 Å². The minimum Gasteiger partial charge on any atom is -0.459 e. The second-order valence-corrected chi connectivity index (χ2v) is 6.39. The summed E-state index contributed by atoms with van der Waals surface area (Å²) < 4.78 is 5.07. The predicted octanol–water partition coefficient (Wildman–Crippen LogP) is 3.68. The number of anilines is 2. The van der Waals surface area contributed by atoms with Crippen LogP contribution in [0.3, 0.4) is 0 Å². The van der Waals surface area contributed by atoms with E-state index in [-0.39, 0.29) is 23.5 Å². The molecule has 0 spiro atoms. The van der Waals surface area contributed by atoms with Crippen molar-refractivity contribution >= 4 is 23.2 Å². The van der Waals surface area contributed by atoms with Crippen molar-refractivity contribution in [2.24, 2.45) is 17.8 Å². The SMILES string of the molecule is O=C(Nc1cccc(NC(=O)[C@@H]2C[C@H]3C=C[C@H]2C3)c1)c1ccco1. The van der Waals surface area contributed by atoms with Crippen LogP contribution in [0.5, 0.6) is 0 Å². The molecule has 0 unspecified atom stereocenters. The Balaban J connectivity index is 1.42. The summed E-state index contributed by atoms with van der Waals surface area (Å²) in [5, 5.41) is 5.73. The maximum atomic E-state index is 12.5. The first-order chi connectivity index (χ1) is 11.7. The van der Waals surface area contributed by atoms with Gasteiger partial charge >= 0.3 is 0 Å². The fourth-order valence-corrected chi connectivity index (χ4v) is 3.59. The molecule has 24 heavy (non-hydrogen) atoms. The molecule has 2 bridgehead atoms. The van der Waals surface area contributed by atoms with Gasteiger partial charge in [0.1, 0.15) is 0 Å². The summed E-state index contributed by atoms with van der Waals surface area (Å²) in [4.78, 5) is 24.5. The van der Waals surface area contributed by atoms with E-state index in [1.807, 2.05) is 6.07 Å². The van der Waals surface area contributed by atoms with Crippen molar-refractivity contribution in [2.45, 2.75) is 12.8 Å². The fourth-order valence-electron chi connectivity index (χ4n) is 3.59. The molecule has 1 aromatic heterocycles. The molecule has 0 saturated heterocycles. The first-order valence-electron chi connectivity index (χ1n) is 8.13. The van der Waals surface area contributed by atoms with Gasteiger partial charge in [0, 0.05) is 17.3 Å². The highest BCUT2D eigenvalue weighted by atomic mass is 16.3. The summed E-state index contributed by atoms with van der Waals surface area (Å²) in [6.45, 7) is 0. The lowest BCUT2D eigenvalue weighted by molar-refractivity contribution is -0.120. The summed E-state index contributed by atoms with van der Waals surface area (Å²) in [5.74, 6) is 0.976. The highest BCUT2D eigenvalue weighted by molar-refractivity contribution is 6.02. The molecule has 1 saturated carbocycles. The summed E-state index contributed by atoms with van der Waals surface area (Å²) >= 11 is 0. The quantitative estimate of drug-likeness (QED) is 0.843. The minimum absolute atomic E-state index is 0.0568. The van der Waals surface area contributed by atoms with Gasteiger partial charge in [0.15, 0.2) is 5.76 Å². The number of carbonyl (C=O) groups excluding carboxylic acids is 2. The van der Waals surface area contributed by atoms with Crippen molar-refractivity contribution in [3.63, 3.8) is 0 Å². The van der Waals surface area contributed by atoms with E-state index in [1.54, 1.807) is 30.3 Å². The Morgan fingerprint density at radius 2 is 1.83 bits per heavy atom. The van der Waals surface area contributed by atoms with Crippen LogP contribution in [0.4, 0.5) is 11.4 Å². The van der Waals surface area contributed by atoms with Crippen LogP contribution in [0.25, 0.3) is 0 Å². The maximum absolute atomic E-state index is 12.5. The van der Waals surface area contributed by atoms with Gasteiger partial charge in [0.2, 0.25) is 5.91 Å². The van der Waals surface area contributed by atoms with Crippen LogP contribution in [0, 0.1) is 17.8 Å². The van der Waals surface area contributed by atoms with Crippen molar-refractivity contribution in [2.75, 3.05) is 10.6 Å². The molecule has 0 radical (unpaired) electrons. The lowest BCUT2D eigenvalue weighted by Crippen LogP contribution is -2.25. The molecule has 1 fully saturated rings. The predicted molar refractivity (Wildman–Crippen MR) is 90.6 cm³/mol. The topological polar surface area (TPSA) is 71.3 Å². The summed E-state index contributed by atoms with van der Waals surface area (Å²) in [6.07, 6.45) is 7.87. The number of hydrogen-bond acceptors (Lipinski definition) is 3. The first kappa shape index (κ1) is 14.8. The summed E-state index contributed by atoms with van der Waals surface area (Å²) in [5.41, 5.74) is 1.30. The zero-order valence-corrected chi connectivity index (χ0v) is 13.1. The Labute approximate surface area is 139 Å². The molecule has 2 amide bonds. The highest BCUT2D eigenvalue weighted by Crippen LogP contribution is 2.43. The van der Waals surface area contributed by atoms with Gasteiger partial charge < -0.3 is 15.1 Å². The van der Waals surface area contributed by atoms with E-state index in [1.165, 1.54) is 6.26 Å². The molecule has 3 atom stereocenters. The molecule has 0 aliphatic heterocycles. The Morgan fingerprint density at radius 1 is 1.00 bits per heavy atom. The van der Waals surface area contributed by atoms with Gasteiger partial charge in [0.25, 0.3) is 5.91 Å². The van der Waals surface area contributed by atoms with Crippen molar-refractivity contribution < 1.29 is 14.0 Å². The molecule has 2 aliphatic rings. The normalized spacial score (nSPS) is 24.1. The molecule has 4 rings (SSSR count). The molecule has 1 heterocycles. The summed E-state index contributed by atoms with van der Waals surface area (Å²) in [6, 6.07) is 10.4. The van der Waals surface area contributed by atoms with Crippen molar-refractivity contribution in [3.8, 4) is 0 Å². The molecule has 5 nitrogen and oxygen atoms in total. The number of hydrogen-bond donors (Lipinski definition) is 2. The third kappa shape index (κ3) is 2.85. The van der Waals surface area contributed by atoms with Crippen molar-refractivity contribution in [1.82, 2.24) is 0 Å². The molecule has 2 aliphatic carbocycles. The van der Waals surface area contributed by atoms with Crippen LogP contribution >= 0.6 is 0 Å². The van der Waals surface area contributed by atoms with E-state index < -0.39 is 0 Å². The van der Waals surface area contributed by atoms with Gasteiger partial charge in [-0.1, -0.05) is 18.2 Å². The van der Waals surface area contributed by atoms with Crippen LogP contribution in [0.15, 0.2) is 59.2 Å². The van der Waals surface area contributed by atoms with Gasteiger partial charge in [-0.2, -0.15) is 0 Å². The van der Waals surface area contributed by atoms with E-state index in [0.717, 1.165) is 12.8 Å². The second kappa shape index (κ2) is 6.00. The van der Waals surface area contributed by atoms with E-state index in [9.17, 15) is 9.59 Å². The largest absolute Gasteiger partial charge is 0.459 e. The fraction of sp³-hybridized carbons (Fsp3) is 0.263. The lowest BCUT2D eigenvalue weighted by Gasteiger charge is -2.17. The number of nitrogens with one attached hydrogen (secondary N) is 2. The molecule has 5 heteroatoms. The van der Waals surface area contributed by atoms with Gasteiger partial charge in [-0.05, 0) is 55.0 Å². The second-order valence-electron chi connectivity index (χ2n) is 6.39. The molecule has 122 valence electrons. The van der Waals surface area contributed by atoms with E-state index in [0.29, 0.717) is 23.2 Å². The maximum Gasteiger partial charge on any atom is 0.291 e. The van der Waals surface area contributed by atoms with E-state index >= 15 is 0 Å². The third-order valence-electron chi connectivity index (χ3n) is 4.75. The number of carbonyl (C=O) groups is 2.